The smallest absolute Gasteiger partial charge is 0.255 e. The first-order valence-corrected chi connectivity index (χ1v) is 8.55. The van der Waals surface area contributed by atoms with Crippen molar-refractivity contribution >= 4 is 11.6 Å². The Balaban J connectivity index is 1.56. The van der Waals surface area contributed by atoms with Crippen molar-refractivity contribution in [3.8, 4) is 11.5 Å². The summed E-state index contributed by atoms with van der Waals surface area (Å²) in [6.45, 7) is 3.05. The third-order valence-corrected chi connectivity index (χ3v) is 3.79. The number of anilines is 1. The monoisotopic (exact) mass is 347 g/mol. The summed E-state index contributed by atoms with van der Waals surface area (Å²) in [7, 11) is 0. The molecule has 0 aliphatic carbocycles. The van der Waals surface area contributed by atoms with Crippen LogP contribution >= 0.6 is 0 Å². The zero-order valence-corrected chi connectivity index (χ0v) is 14.6. The second-order valence-corrected chi connectivity index (χ2v) is 5.71. The summed E-state index contributed by atoms with van der Waals surface area (Å²) in [6, 6.07) is 24.4. The number of carbonyl (C=O) groups is 1. The van der Waals surface area contributed by atoms with Crippen molar-refractivity contribution in [3.63, 3.8) is 0 Å². The van der Waals surface area contributed by atoms with E-state index in [1.165, 1.54) is 0 Å². The molecule has 0 heterocycles. The van der Waals surface area contributed by atoms with E-state index >= 15 is 0 Å². The first-order chi connectivity index (χ1) is 12.7. The SMILES string of the molecule is CCOc1ccc(NC(=O)c2ccc(OCc3ccccc3)cc2)cc1. The van der Waals surface area contributed by atoms with Crippen LogP contribution in [0.1, 0.15) is 22.8 Å². The van der Waals surface area contributed by atoms with Crippen LogP contribution in [-0.4, -0.2) is 12.5 Å². The van der Waals surface area contributed by atoms with Gasteiger partial charge in [-0.15, -0.1) is 0 Å². The number of hydrogen-bond donors (Lipinski definition) is 1. The first kappa shape index (κ1) is 17.5. The Bertz CT molecular complexity index is 828. The fraction of sp³-hybridized carbons (Fsp3) is 0.136. The van der Waals surface area contributed by atoms with Crippen LogP contribution in [0.25, 0.3) is 0 Å². The first-order valence-electron chi connectivity index (χ1n) is 8.55. The number of hydrogen-bond acceptors (Lipinski definition) is 3. The van der Waals surface area contributed by atoms with E-state index in [1.807, 2.05) is 61.5 Å². The third-order valence-electron chi connectivity index (χ3n) is 3.79. The van der Waals surface area contributed by atoms with Crippen molar-refractivity contribution in [2.75, 3.05) is 11.9 Å². The van der Waals surface area contributed by atoms with Gasteiger partial charge in [0.05, 0.1) is 6.61 Å². The molecule has 3 aromatic rings. The lowest BCUT2D eigenvalue weighted by atomic mass is 10.2. The molecule has 1 amide bonds. The van der Waals surface area contributed by atoms with Crippen molar-refractivity contribution in [2.24, 2.45) is 0 Å². The average molecular weight is 347 g/mol. The van der Waals surface area contributed by atoms with Crippen molar-refractivity contribution in [1.29, 1.82) is 0 Å². The van der Waals surface area contributed by atoms with Gasteiger partial charge in [0, 0.05) is 11.3 Å². The van der Waals surface area contributed by atoms with Crippen molar-refractivity contribution < 1.29 is 14.3 Å². The Morgan fingerprint density at radius 2 is 1.42 bits per heavy atom. The Morgan fingerprint density at radius 3 is 2.08 bits per heavy atom. The Morgan fingerprint density at radius 1 is 0.808 bits per heavy atom. The van der Waals surface area contributed by atoms with E-state index in [1.54, 1.807) is 24.3 Å². The normalized spacial score (nSPS) is 10.2. The minimum atomic E-state index is -0.163. The highest BCUT2D eigenvalue weighted by Gasteiger charge is 2.07. The van der Waals surface area contributed by atoms with Gasteiger partial charge in [0.1, 0.15) is 18.1 Å². The largest absolute Gasteiger partial charge is 0.494 e. The molecule has 132 valence electrons. The molecule has 1 N–H and O–H groups in total. The average Bonchev–Trinajstić information content (AvgIpc) is 2.69. The highest BCUT2D eigenvalue weighted by atomic mass is 16.5. The highest BCUT2D eigenvalue weighted by molar-refractivity contribution is 6.04. The fourth-order valence-corrected chi connectivity index (χ4v) is 2.45. The summed E-state index contributed by atoms with van der Waals surface area (Å²) in [5.74, 6) is 1.35. The van der Waals surface area contributed by atoms with Crippen LogP contribution in [0, 0.1) is 0 Å². The van der Waals surface area contributed by atoms with Gasteiger partial charge in [-0.2, -0.15) is 0 Å². The molecule has 0 saturated carbocycles. The van der Waals surface area contributed by atoms with Gasteiger partial charge >= 0.3 is 0 Å². The van der Waals surface area contributed by atoms with Gasteiger partial charge < -0.3 is 14.8 Å². The third kappa shape index (κ3) is 4.86. The molecular weight excluding hydrogens is 326 g/mol. The fourth-order valence-electron chi connectivity index (χ4n) is 2.45. The van der Waals surface area contributed by atoms with E-state index in [9.17, 15) is 4.79 Å². The lowest BCUT2D eigenvalue weighted by Crippen LogP contribution is -2.11. The van der Waals surface area contributed by atoms with E-state index in [4.69, 9.17) is 9.47 Å². The predicted molar refractivity (Wildman–Crippen MR) is 103 cm³/mol. The van der Waals surface area contributed by atoms with Crippen LogP contribution in [0.4, 0.5) is 5.69 Å². The van der Waals surface area contributed by atoms with Gasteiger partial charge in [-0.05, 0) is 61.0 Å². The van der Waals surface area contributed by atoms with Crippen molar-refractivity contribution in [3.05, 3.63) is 90.0 Å². The molecule has 26 heavy (non-hydrogen) atoms. The summed E-state index contributed by atoms with van der Waals surface area (Å²) in [4.78, 5) is 12.3. The number of rotatable bonds is 7. The molecule has 0 radical (unpaired) electrons. The minimum absolute atomic E-state index is 0.163. The van der Waals surface area contributed by atoms with E-state index < -0.39 is 0 Å². The molecule has 3 aromatic carbocycles. The topological polar surface area (TPSA) is 47.6 Å². The Labute approximate surface area is 153 Å². The quantitative estimate of drug-likeness (QED) is 0.660. The standard InChI is InChI=1S/C22H21NO3/c1-2-25-20-14-10-19(11-15-20)23-22(24)18-8-12-21(13-9-18)26-16-17-6-4-3-5-7-17/h3-15H,2,16H2,1H3,(H,23,24). The Kier molecular flexibility index (Phi) is 5.88. The van der Waals surface area contributed by atoms with Crippen LogP contribution in [0.2, 0.25) is 0 Å². The van der Waals surface area contributed by atoms with E-state index in [0.29, 0.717) is 18.8 Å². The molecule has 0 unspecified atom stereocenters. The molecule has 0 atom stereocenters. The van der Waals surface area contributed by atoms with Crippen LogP contribution in [-0.2, 0) is 6.61 Å². The van der Waals surface area contributed by atoms with Gasteiger partial charge in [-0.3, -0.25) is 4.79 Å². The predicted octanol–water partition coefficient (Wildman–Crippen LogP) is 4.92. The highest BCUT2D eigenvalue weighted by Crippen LogP contribution is 2.18. The molecule has 0 bridgehead atoms. The van der Waals surface area contributed by atoms with Crippen LogP contribution in [0.15, 0.2) is 78.9 Å². The maximum atomic E-state index is 12.3. The molecular formula is C22H21NO3. The van der Waals surface area contributed by atoms with Crippen molar-refractivity contribution in [1.82, 2.24) is 0 Å². The zero-order valence-electron chi connectivity index (χ0n) is 14.6. The summed E-state index contributed by atoms with van der Waals surface area (Å²) in [6.07, 6.45) is 0. The number of benzene rings is 3. The van der Waals surface area contributed by atoms with Crippen molar-refractivity contribution in [2.45, 2.75) is 13.5 Å². The molecule has 0 aliphatic rings. The number of ether oxygens (including phenoxy) is 2. The second-order valence-electron chi connectivity index (χ2n) is 5.71. The molecule has 4 heteroatoms. The van der Waals surface area contributed by atoms with E-state index in [2.05, 4.69) is 5.32 Å². The zero-order chi connectivity index (χ0) is 18.2. The van der Waals surface area contributed by atoms with Crippen LogP contribution in [0.5, 0.6) is 11.5 Å². The molecule has 4 nitrogen and oxygen atoms in total. The lowest BCUT2D eigenvalue weighted by Gasteiger charge is -2.09. The number of carbonyl (C=O) groups excluding carboxylic acids is 1. The molecule has 0 spiro atoms. The van der Waals surface area contributed by atoms with Crippen LogP contribution < -0.4 is 14.8 Å². The van der Waals surface area contributed by atoms with Gasteiger partial charge in [0.15, 0.2) is 0 Å². The summed E-state index contributed by atoms with van der Waals surface area (Å²) in [5.41, 5.74) is 2.40. The second kappa shape index (κ2) is 8.72. The summed E-state index contributed by atoms with van der Waals surface area (Å²) < 4.78 is 11.1. The van der Waals surface area contributed by atoms with Gasteiger partial charge in [0.25, 0.3) is 5.91 Å². The molecule has 3 rings (SSSR count). The summed E-state index contributed by atoms with van der Waals surface area (Å²) >= 11 is 0. The minimum Gasteiger partial charge on any atom is -0.494 e. The van der Waals surface area contributed by atoms with Gasteiger partial charge in [-0.25, -0.2) is 0 Å². The van der Waals surface area contributed by atoms with Gasteiger partial charge in [0.2, 0.25) is 0 Å². The summed E-state index contributed by atoms with van der Waals surface area (Å²) in [5, 5.41) is 2.87. The number of nitrogens with one attached hydrogen (secondary N) is 1. The maximum Gasteiger partial charge on any atom is 0.255 e. The molecule has 0 fully saturated rings. The molecule has 0 saturated heterocycles. The maximum absolute atomic E-state index is 12.3. The molecule has 0 aromatic heterocycles. The van der Waals surface area contributed by atoms with Crippen LogP contribution in [0.3, 0.4) is 0 Å². The van der Waals surface area contributed by atoms with Gasteiger partial charge in [-0.1, -0.05) is 30.3 Å². The van der Waals surface area contributed by atoms with E-state index in [0.717, 1.165) is 22.7 Å². The van der Waals surface area contributed by atoms with E-state index in [-0.39, 0.29) is 5.91 Å². The Hall–Kier alpha value is -3.27. The number of amides is 1. The molecule has 0 aliphatic heterocycles. The lowest BCUT2D eigenvalue weighted by molar-refractivity contribution is 0.102.